The summed E-state index contributed by atoms with van der Waals surface area (Å²) >= 11 is 13.0. The van der Waals surface area contributed by atoms with E-state index < -0.39 is 4.92 Å². The number of pyridine rings is 1. The summed E-state index contributed by atoms with van der Waals surface area (Å²) in [7, 11) is 0. The Morgan fingerprint density at radius 1 is 1.40 bits per heavy atom. The molecule has 0 aromatic carbocycles. The van der Waals surface area contributed by atoms with E-state index in [1.165, 1.54) is 6.07 Å². The van der Waals surface area contributed by atoms with Gasteiger partial charge in [0, 0.05) is 23.2 Å². The van der Waals surface area contributed by atoms with Crippen LogP contribution in [0.15, 0.2) is 23.7 Å². The van der Waals surface area contributed by atoms with Crippen molar-refractivity contribution in [3.63, 3.8) is 0 Å². The molecule has 0 fully saturated rings. The Hall–Kier alpha value is -1.83. The van der Waals surface area contributed by atoms with Gasteiger partial charge in [-0.15, -0.1) is 0 Å². The van der Waals surface area contributed by atoms with E-state index in [1.54, 1.807) is 22.0 Å². The van der Waals surface area contributed by atoms with Crippen molar-refractivity contribution in [1.82, 2.24) is 9.38 Å². The summed E-state index contributed by atoms with van der Waals surface area (Å²) in [6.07, 6.45) is 1.59. The largest absolute Gasteiger partial charge is 0.383 e. The van der Waals surface area contributed by atoms with Crippen LogP contribution in [-0.4, -0.2) is 14.3 Å². The summed E-state index contributed by atoms with van der Waals surface area (Å²) < 4.78 is 1.56. The third-order valence-electron chi connectivity index (χ3n) is 2.72. The van der Waals surface area contributed by atoms with E-state index in [-0.39, 0.29) is 5.00 Å². The maximum absolute atomic E-state index is 10.7. The van der Waals surface area contributed by atoms with Crippen LogP contribution in [0.1, 0.15) is 0 Å². The zero-order chi connectivity index (χ0) is 14.4. The van der Waals surface area contributed by atoms with E-state index >= 15 is 0 Å². The van der Waals surface area contributed by atoms with Crippen LogP contribution in [0.3, 0.4) is 0 Å². The molecule has 0 saturated carbocycles. The van der Waals surface area contributed by atoms with Crippen molar-refractivity contribution in [2.24, 2.45) is 0 Å². The maximum Gasteiger partial charge on any atom is 0.324 e. The summed E-state index contributed by atoms with van der Waals surface area (Å²) in [6, 6.07) is 2.99. The number of hydrogen-bond donors (Lipinski definition) is 1. The summed E-state index contributed by atoms with van der Waals surface area (Å²) in [5, 5.41) is 13.2. The Bertz CT molecular complexity index is 842. The van der Waals surface area contributed by atoms with E-state index in [0.29, 0.717) is 32.8 Å². The lowest BCUT2D eigenvalue weighted by Gasteiger charge is -1.99. The van der Waals surface area contributed by atoms with E-state index in [9.17, 15) is 10.1 Å². The highest BCUT2D eigenvalue weighted by Gasteiger charge is 2.18. The van der Waals surface area contributed by atoms with Crippen LogP contribution in [0.2, 0.25) is 10.0 Å². The lowest BCUT2D eigenvalue weighted by atomic mass is 10.2. The Kier molecular flexibility index (Phi) is 3.04. The van der Waals surface area contributed by atoms with Crippen LogP contribution in [0.25, 0.3) is 16.9 Å². The highest BCUT2D eigenvalue weighted by molar-refractivity contribution is 7.13. The number of nitrogens with two attached hydrogens (primary N) is 1. The van der Waals surface area contributed by atoms with E-state index in [1.807, 2.05) is 0 Å². The molecule has 0 radical (unpaired) electrons. The fourth-order valence-corrected chi connectivity index (χ4v) is 3.07. The van der Waals surface area contributed by atoms with Gasteiger partial charge in [0.15, 0.2) is 5.65 Å². The molecule has 3 aromatic rings. The predicted octanol–water partition coefficient (Wildman–Crippen LogP) is 3.86. The van der Waals surface area contributed by atoms with Gasteiger partial charge in [0.1, 0.15) is 11.5 Å². The summed E-state index contributed by atoms with van der Waals surface area (Å²) in [5.41, 5.74) is 7.49. The molecule has 0 atom stereocenters. The minimum Gasteiger partial charge on any atom is -0.383 e. The van der Waals surface area contributed by atoms with Crippen LogP contribution in [-0.2, 0) is 0 Å². The van der Waals surface area contributed by atoms with E-state index in [2.05, 4.69) is 4.98 Å². The molecule has 3 heterocycles. The molecule has 20 heavy (non-hydrogen) atoms. The SMILES string of the molecule is Nc1c(-c2csc([N+](=O)[O-])c2)nc2c(Cl)cc(Cl)cn12. The van der Waals surface area contributed by atoms with E-state index in [4.69, 9.17) is 28.9 Å². The topological polar surface area (TPSA) is 86.5 Å². The third kappa shape index (κ3) is 2.00. The van der Waals surface area contributed by atoms with Crippen LogP contribution in [0.4, 0.5) is 10.8 Å². The van der Waals surface area contributed by atoms with Crippen molar-refractivity contribution < 1.29 is 4.92 Å². The number of imidazole rings is 1. The van der Waals surface area contributed by atoms with Crippen molar-refractivity contribution in [3.05, 3.63) is 43.9 Å². The lowest BCUT2D eigenvalue weighted by molar-refractivity contribution is -0.380. The first-order chi connectivity index (χ1) is 9.47. The van der Waals surface area contributed by atoms with Crippen molar-refractivity contribution in [1.29, 1.82) is 0 Å². The first kappa shape index (κ1) is 13.2. The molecule has 3 rings (SSSR count). The normalized spacial score (nSPS) is 11.1. The Morgan fingerprint density at radius 2 is 2.15 bits per heavy atom. The van der Waals surface area contributed by atoms with Gasteiger partial charge in [-0.3, -0.25) is 14.5 Å². The van der Waals surface area contributed by atoms with Gasteiger partial charge in [0.2, 0.25) is 0 Å². The van der Waals surface area contributed by atoms with Crippen molar-refractivity contribution >= 4 is 51.0 Å². The first-order valence-corrected chi connectivity index (χ1v) is 6.97. The smallest absolute Gasteiger partial charge is 0.324 e. The van der Waals surface area contributed by atoms with Gasteiger partial charge >= 0.3 is 5.00 Å². The van der Waals surface area contributed by atoms with Crippen LogP contribution < -0.4 is 5.73 Å². The van der Waals surface area contributed by atoms with Gasteiger partial charge in [-0.05, 0) is 6.07 Å². The summed E-state index contributed by atoms with van der Waals surface area (Å²) in [6.45, 7) is 0. The second kappa shape index (κ2) is 4.62. The van der Waals surface area contributed by atoms with Gasteiger partial charge in [-0.1, -0.05) is 34.5 Å². The quantitative estimate of drug-likeness (QED) is 0.571. The van der Waals surface area contributed by atoms with Gasteiger partial charge < -0.3 is 5.73 Å². The molecular formula is C11H6Cl2N4O2S. The van der Waals surface area contributed by atoms with Gasteiger partial charge in [-0.2, -0.15) is 0 Å². The molecule has 0 amide bonds. The molecular weight excluding hydrogens is 323 g/mol. The number of halogens is 2. The molecule has 0 spiro atoms. The number of nitro groups is 1. The molecule has 0 aliphatic carbocycles. The van der Waals surface area contributed by atoms with Crippen LogP contribution >= 0.6 is 34.5 Å². The van der Waals surface area contributed by atoms with Crippen LogP contribution in [0.5, 0.6) is 0 Å². The maximum atomic E-state index is 10.7. The molecule has 0 aliphatic rings. The number of aromatic nitrogens is 2. The number of nitrogen functional groups attached to an aromatic ring is 1. The minimum absolute atomic E-state index is 0.0283. The highest BCUT2D eigenvalue weighted by Crippen LogP contribution is 2.35. The zero-order valence-electron chi connectivity index (χ0n) is 9.71. The number of nitrogens with zero attached hydrogens (tertiary/aromatic N) is 3. The molecule has 0 aliphatic heterocycles. The van der Waals surface area contributed by atoms with Crippen LogP contribution in [0, 0.1) is 10.1 Å². The standard InChI is InChI=1S/C11H6Cl2N4O2S/c12-6-2-7(13)11-15-9(10(14)16(11)3-6)5-1-8(17(18)19)20-4-5/h1-4H,14H2. The van der Waals surface area contributed by atoms with Crippen molar-refractivity contribution in [3.8, 4) is 11.3 Å². The molecule has 3 aromatic heterocycles. The van der Waals surface area contributed by atoms with Crippen molar-refractivity contribution in [2.45, 2.75) is 0 Å². The monoisotopic (exact) mass is 328 g/mol. The molecule has 0 saturated heterocycles. The zero-order valence-corrected chi connectivity index (χ0v) is 12.0. The van der Waals surface area contributed by atoms with Crippen molar-refractivity contribution in [2.75, 3.05) is 5.73 Å². The number of fused-ring (bicyclic) bond motifs is 1. The number of anilines is 1. The average molecular weight is 329 g/mol. The van der Waals surface area contributed by atoms with Gasteiger partial charge in [0.25, 0.3) is 0 Å². The molecule has 9 heteroatoms. The van der Waals surface area contributed by atoms with Gasteiger partial charge in [0.05, 0.1) is 15.0 Å². The Balaban J connectivity index is 2.23. The molecule has 102 valence electrons. The number of thiophene rings is 1. The minimum atomic E-state index is -0.454. The average Bonchev–Trinajstić information content (AvgIpc) is 2.95. The number of rotatable bonds is 2. The third-order valence-corrected chi connectivity index (χ3v) is 4.08. The second-order valence-corrected chi connectivity index (χ2v) is 5.71. The molecule has 0 bridgehead atoms. The fourth-order valence-electron chi connectivity index (χ4n) is 1.85. The summed E-state index contributed by atoms with van der Waals surface area (Å²) in [4.78, 5) is 14.6. The highest BCUT2D eigenvalue weighted by atomic mass is 35.5. The lowest BCUT2D eigenvalue weighted by Crippen LogP contribution is -1.94. The van der Waals surface area contributed by atoms with E-state index in [0.717, 1.165) is 11.3 Å². The Labute approximate surface area is 126 Å². The summed E-state index contributed by atoms with van der Waals surface area (Å²) in [5.74, 6) is 0.331. The fraction of sp³-hybridized carbons (Fsp3) is 0. The molecule has 2 N–H and O–H groups in total. The van der Waals surface area contributed by atoms with Gasteiger partial charge in [-0.25, -0.2) is 4.98 Å². The first-order valence-electron chi connectivity index (χ1n) is 5.33. The predicted molar refractivity (Wildman–Crippen MR) is 79.6 cm³/mol. The Morgan fingerprint density at radius 3 is 2.80 bits per heavy atom. The molecule has 0 unspecified atom stereocenters. The molecule has 6 nitrogen and oxygen atoms in total. The number of hydrogen-bond acceptors (Lipinski definition) is 5. The second-order valence-electron chi connectivity index (χ2n) is 3.98.